The topological polar surface area (TPSA) is 118 Å². The van der Waals surface area contributed by atoms with Gasteiger partial charge in [0.05, 0.1) is 18.7 Å². The monoisotopic (exact) mass is 411 g/mol. The average molecular weight is 412 g/mol. The number of nitrogens with one attached hydrogen (secondary N) is 2. The summed E-state index contributed by atoms with van der Waals surface area (Å²) in [7, 11) is 0. The van der Waals surface area contributed by atoms with Crippen molar-refractivity contribution in [2.24, 2.45) is 11.8 Å². The molecule has 3 aliphatic rings. The van der Waals surface area contributed by atoms with Crippen molar-refractivity contribution in [3.63, 3.8) is 0 Å². The predicted octanol–water partition coefficient (Wildman–Crippen LogP) is 0.490. The standard InChI is InChI=1S/C21H29N7O2/c1-14(29)23-6-7-24-21(30)19-12-27-8-5-15(19)10-18(27)11-28-13-20(25-26-28)16-3-2-4-17(22)9-16/h2-4,9,13,15,18-19H,5-8,10-12,22H2,1H3,(H,23,29)(H,24,30)/t15-,18-,19-/m1/s1. The maximum Gasteiger partial charge on any atom is 0.224 e. The van der Waals surface area contributed by atoms with Crippen molar-refractivity contribution >= 4 is 17.5 Å². The minimum Gasteiger partial charge on any atom is -0.399 e. The Kier molecular flexibility index (Phi) is 5.98. The Hall–Kier alpha value is -2.94. The van der Waals surface area contributed by atoms with Crippen molar-refractivity contribution in [3.8, 4) is 11.3 Å². The van der Waals surface area contributed by atoms with E-state index in [1.54, 1.807) is 0 Å². The molecule has 30 heavy (non-hydrogen) atoms. The van der Waals surface area contributed by atoms with Gasteiger partial charge in [0.25, 0.3) is 0 Å². The lowest BCUT2D eigenvalue weighted by Crippen LogP contribution is -2.58. The van der Waals surface area contributed by atoms with Gasteiger partial charge in [-0.25, -0.2) is 0 Å². The molecule has 2 bridgehead atoms. The molecule has 4 heterocycles. The number of carbonyl (C=O) groups is 2. The molecule has 1 unspecified atom stereocenters. The molecule has 2 amide bonds. The van der Waals surface area contributed by atoms with Gasteiger partial charge < -0.3 is 16.4 Å². The molecule has 3 saturated heterocycles. The highest BCUT2D eigenvalue weighted by Gasteiger charge is 2.43. The Balaban J connectivity index is 1.32. The highest BCUT2D eigenvalue weighted by Crippen LogP contribution is 2.37. The largest absolute Gasteiger partial charge is 0.399 e. The highest BCUT2D eigenvalue weighted by molar-refractivity contribution is 5.79. The van der Waals surface area contributed by atoms with Crippen LogP contribution in [0, 0.1) is 11.8 Å². The van der Waals surface area contributed by atoms with Gasteiger partial charge in [-0.05, 0) is 37.4 Å². The van der Waals surface area contributed by atoms with Crippen LogP contribution in [-0.2, 0) is 16.1 Å². The molecule has 4 atom stereocenters. The summed E-state index contributed by atoms with van der Waals surface area (Å²) < 4.78 is 1.90. The molecule has 1 aromatic carbocycles. The van der Waals surface area contributed by atoms with E-state index in [-0.39, 0.29) is 17.7 Å². The number of hydrogen-bond donors (Lipinski definition) is 3. The fraction of sp³-hybridized carbons (Fsp3) is 0.524. The van der Waals surface area contributed by atoms with E-state index in [0.717, 1.165) is 43.7 Å². The second kappa shape index (κ2) is 8.83. The van der Waals surface area contributed by atoms with Crippen LogP contribution in [0.2, 0.25) is 0 Å². The van der Waals surface area contributed by atoms with E-state index < -0.39 is 0 Å². The van der Waals surface area contributed by atoms with Crippen LogP contribution in [0.1, 0.15) is 19.8 Å². The number of piperidine rings is 3. The Labute approximate surface area is 176 Å². The third kappa shape index (κ3) is 4.62. The minimum atomic E-state index is -0.0815. The first-order valence-corrected chi connectivity index (χ1v) is 10.5. The third-order valence-electron chi connectivity index (χ3n) is 6.13. The summed E-state index contributed by atoms with van der Waals surface area (Å²) >= 11 is 0. The van der Waals surface area contributed by atoms with Crippen molar-refractivity contribution in [3.05, 3.63) is 30.5 Å². The smallest absolute Gasteiger partial charge is 0.224 e. The average Bonchev–Trinajstić information content (AvgIpc) is 3.20. The first-order valence-electron chi connectivity index (χ1n) is 10.5. The van der Waals surface area contributed by atoms with Crippen LogP contribution in [-0.4, -0.2) is 63.9 Å². The zero-order valence-electron chi connectivity index (χ0n) is 17.3. The molecule has 4 N–H and O–H groups in total. The molecule has 0 radical (unpaired) electrons. The normalized spacial score (nSPS) is 25.1. The fourth-order valence-corrected chi connectivity index (χ4v) is 4.61. The summed E-state index contributed by atoms with van der Waals surface area (Å²) in [6.45, 7) is 4.97. The molecule has 1 aromatic heterocycles. The van der Waals surface area contributed by atoms with E-state index >= 15 is 0 Å². The van der Waals surface area contributed by atoms with E-state index in [2.05, 4.69) is 25.8 Å². The number of nitrogens with zero attached hydrogens (tertiary/aromatic N) is 4. The summed E-state index contributed by atoms with van der Waals surface area (Å²) in [4.78, 5) is 25.9. The SMILES string of the molecule is CC(=O)NCCNC(=O)[C@@H]1CN2CC[C@@H]1C[C@@H]2Cn1cc(-c2cccc(N)c2)nn1. The third-order valence-corrected chi connectivity index (χ3v) is 6.13. The molecule has 0 saturated carbocycles. The van der Waals surface area contributed by atoms with Gasteiger partial charge in [0.2, 0.25) is 11.8 Å². The number of amides is 2. The van der Waals surface area contributed by atoms with Gasteiger partial charge in [-0.3, -0.25) is 19.2 Å². The lowest BCUT2D eigenvalue weighted by molar-refractivity contribution is -0.133. The highest BCUT2D eigenvalue weighted by atomic mass is 16.2. The Morgan fingerprint density at radius 2 is 2.10 bits per heavy atom. The number of nitrogens with two attached hydrogens (primary N) is 1. The molecule has 160 valence electrons. The molecule has 9 nitrogen and oxygen atoms in total. The lowest BCUT2D eigenvalue weighted by atomic mass is 9.75. The second-order valence-corrected chi connectivity index (χ2v) is 8.26. The van der Waals surface area contributed by atoms with Gasteiger partial charge in [-0.2, -0.15) is 0 Å². The quantitative estimate of drug-likeness (QED) is 0.451. The summed E-state index contributed by atoms with van der Waals surface area (Å²) in [5, 5.41) is 14.3. The van der Waals surface area contributed by atoms with E-state index in [4.69, 9.17) is 5.73 Å². The number of hydrogen-bond acceptors (Lipinski definition) is 6. The van der Waals surface area contributed by atoms with Gasteiger partial charge in [-0.15, -0.1) is 5.10 Å². The van der Waals surface area contributed by atoms with E-state index in [1.807, 2.05) is 35.1 Å². The molecular formula is C21H29N7O2. The van der Waals surface area contributed by atoms with Crippen LogP contribution in [0.5, 0.6) is 0 Å². The van der Waals surface area contributed by atoms with E-state index in [1.165, 1.54) is 6.92 Å². The van der Waals surface area contributed by atoms with Crippen molar-refractivity contribution in [1.29, 1.82) is 0 Å². The molecule has 0 aliphatic carbocycles. The van der Waals surface area contributed by atoms with Crippen LogP contribution in [0.3, 0.4) is 0 Å². The Bertz CT molecular complexity index is 912. The second-order valence-electron chi connectivity index (χ2n) is 8.26. The Morgan fingerprint density at radius 3 is 2.83 bits per heavy atom. The predicted molar refractivity (Wildman–Crippen MR) is 113 cm³/mol. The molecule has 9 heteroatoms. The first kappa shape index (κ1) is 20.3. The van der Waals surface area contributed by atoms with Gasteiger partial charge in [-0.1, -0.05) is 17.3 Å². The van der Waals surface area contributed by atoms with Crippen LogP contribution in [0.15, 0.2) is 30.5 Å². The van der Waals surface area contributed by atoms with Crippen molar-refractivity contribution < 1.29 is 9.59 Å². The summed E-state index contributed by atoms with van der Waals surface area (Å²) in [6.07, 6.45) is 3.99. The lowest BCUT2D eigenvalue weighted by Gasteiger charge is -2.49. The fourth-order valence-electron chi connectivity index (χ4n) is 4.61. The van der Waals surface area contributed by atoms with E-state index in [9.17, 15) is 9.59 Å². The van der Waals surface area contributed by atoms with Gasteiger partial charge >= 0.3 is 0 Å². The Morgan fingerprint density at radius 1 is 1.27 bits per heavy atom. The molecule has 2 aromatic rings. The number of fused-ring (bicyclic) bond motifs is 3. The number of rotatable bonds is 7. The van der Waals surface area contributed by atoms with Crippen molar-refractivity contribution in [2.75, 3.05) is 31.9 Å². The summed E-state index contributed by atoms with van der Waals surface area (Å²) in [6, 6.07) is 8.01. The molecular weight excluding hydrogens is 382 g/mol. The first-order chi connectivity index (χ1) is 14.5. The zero-order valence-corrected chi connectivity index (χ0v) is 17.3. The molecule has 0 spiro atoms. The van der Waals surface area contributed by atoms with Crippen LogP contribution < -0.4 is 16.4 Å². The van der Waals surface area contributed by atoms with Crippen LogP contribution in [0.4, 0.5) is 5.69 Å². The van der Waals surface area contributed by atoms with Gasteiger partial charge in [0, 0.05) is 43.9 Å². The van der Waals surface area contributed by atoms with Crippen LogP contribution in [0.25, 0.3) is 11.3 Å². The van der Waals surface area contributed by atoms with Gasteiger partial charge in [0.15, 0.2) is 0 Å². The number of anilines is 1. The van der Waals surface area contributed by atoms with Crippen molar-refractivity contribution in [2.45, 2.75) is 32.4 Å². The number of carbonyl (C=O) groups excluding carboxylic acids is 2. The maximum absolute atomic E-state index is 12.6. The summed E-state index contributed by atoms with van der Waals surface area (Å²) in [5.41, 5.74) is 8.35. The zero-order chi connectivity index (χ0) is 21.1. The minimum absolute atomic E-state index is 0.0194. The van der Waals surface area contributed by atoms with Crippen molar-refractivity contribution in [1.82, 2.24) is 30.5 Å². The van der Waals surface area contributed by atoms with Gasteiger partial charge in [0.1, 0.15) is 5.69 Å². The molecule has 3 aliphatic heterocycles. The number of benzene rings is 1. The molecule has 5 rings (SSSR count). The number of nitrogen functional groups attached to an aromatic ring is 1. The number of aromatic nitrogens is 3. The van der Waals surface area contributed by atoms with E-state index in [0.29, 0.717) is 30.7 Å². The molecule has 3 fully saturated rings. The van der Waals surface area contributed by atoms with Crippen LogP contribution >= 0.6 is 0 Å². The maximum atomic E-state index is 12.6. The summed E-state index contributed by atoms with van der Waals surface area (Å²) in [5.74, 6) is 0.420.